The van der Waals surface area contributed by atoms with Gasteiger partial charge in [0.05, 0.1) is 12.1 Å². The van der Waals surface area contributed by atoms with Gasteiger partial charge >= 0.3 is 12.1 Å². The van der Waals surface area contributed by atoms with Crippen molar-refractivity contribution in [2.75, 3.05) is 18.9 Å². The van der Waals surface area contributed by atoms with Crippen LogP contribution in [0.3, 0.4) is 0 Å². The third-order valence-corrected chi connectivity index (χ3v) is 7.38. The van der Waals surface area contributed by atoms with Crippen LogP contribution >= 0.6 is 23.1 Å². The number of carbonyl (C=O) groups excluding carboxylic acids is 1. The van der Waals surface area contributed by atoms with Crippen LogP contribution in [0.25, 0.3) is 0 Å². The molecule has 0 bridgehead atoms. The van der Waals surface area contributed by atoms with Crippen molar-refractivity contribution in [2.45, 2.75) is 49.1 Å². The number of carbonyl (C=O) groups is 2. The van der Waals surface area contributed by atoms with E-state index in [0.717, 1.165) is 19.3 Å². The molecule has 2 fully saturated rings. The molecule has 1 saturated carbocycles. The first-order valence-electron chi connectivity index (χ1n) is 9.46. The predicted molar refractivity (Wildman–Crippen MR) is 111 cm³/mol. The van der Waals surface area contributed by atoms with Crippen LogP contribution in [-0.4, -0.2) is 63.2 Å². The molecule has 2 aliphatic rings. The molecule has 2 heterocycles. The number of hydrogen-bond acceptors (Lipinski definition) is 7. The first-order chi connectivity index (χ1) is 13.9. The number of carboxylic acid groups (broad SMARTS) is 1. The van der Waals surface area contributed by atoms with Crippen molar-refractivity contribution in [3.63, 3.8) is 0 Å². The maximum atomic E-state index is 12.1. The fourth-order valence-corrected chi connectivity index (χ4v) is 5.25. The molecule has 3 rings (SSSR count). The SMILES string of the molecule is CC#CCC1(C(O)C=CC2COC(=O)N2CCSc2nc(C(=O)O)cs2)CCC1. The number of nitrogens with zero attached hydrogens (tertiary/aromatic N) is 2. The number of aromatic carboxylic acids is 1. The molecule has 2 unspecified atom stereocenters. The van der Waals surface area contributed by atoms with Gasteiger partial charge in [-0.2, -0.15) is 0 Å². The normalized spacial score (nSPS) is 21.4. The number of cyclic esters (lactones) is 1. The van der Waals surface area contributed by atoms with Gasteiger partial charge in [0.1, 0.15) is 6.61 Å². The minimum Gasteiger partial charge on any atom is -0.476 e. The summed E-state index contributed by atoms with van der Waals surface area (Å²) in [5.74, 6) is 5.52. The van der Waals surface area contributed by atoms with E-state index in [4.69, 9.17) is 9.84 Å². The quantitative estimate of drug-likeness (QED) is 0.348. The highest BCUT2D eigenvalue weighted by Gasteiger charge is 2.42. The predicted octanol–water partition coefficient (Wildman–Crippen LogP) is 3.26. The molecule has 1 aromatic heterocycles. The number of thiazole rings is 1. The number of aliphatic hydroxyl groups is 1. The average molecular weight is 437 g/mol. The van der Waals surface area contributed by atoms with Gasteiger partial charge in [0, 0.05) is 29.5 Å². The topological polar surface area (TPSA) is 100.0 Å². The first-order valence-corrected chi connectivity index (χ1v) is 11.3. The lowest BCUT2D eigenvalue weighted by molar-refractivity contribution is -0.00113. The highest BCUT2D eigenvalue weighted by molar-refractivity contribution is 8.01. The van der Waals surface area contributed by atoms with E-state index in [1.54, 1.807) is 17.9 Å². The molecule has 1 aliphatic carbocycles. The van der Waals surface area contributed by atoms with Crippen molar-refractivity contribution < 1.29 is 24.5 Å². The van der Waals surface area contributed by atoms with Gasteiger partial charge in [-0.3, -0.25) is 4.90 Å². The maximum Gasteiger partial charge on any atom is 0.410 e. The van der Waals surface area contributed by atoms with Gasteiger partial charge in [0.15, 0.2) is 10.0 Å². The lowest BCUT2D eigenvalue weighted by atomic mass is 9.63. The first kappa shape index (κ1) is 21.7. The van der Waals surface area contributed by atoms with Crippen LogP contribution in [0.2, 0.25) is 0 Å². The standard InChI is InChI=1S/C20H24N2O5S2/c1-2-3-7-20(8-4-9-20)16(23)6-5-14-12-27-19(26)22(14)10-11-28-18-21-15(13-29-18)17(24)25/h5-6,13-14,16,23H,4,7-12H2,1H3,(H,24,25). The fraction of sp³-hybridized carbons (Fsp3) is 0.550. The second-order valence-electron chi connectivity index (χ2n) is 7.14. The van der Waals surface area contributed by atoms with Gasteiger partial charge in [-0.05, 0) is 19.8 Å². The van der Waals surface area contributed by atoms with Crippen LogP contribution in [0.4, 0.5) is 4.79 Å². The van der Waals surface area contributed by atoms with Gasteiger partial charge in [-0.15, -0.1) is 23.2 Å². The largest absolute Gasteiger partial charge is 0.476 e. The summed E-state index contributed by atoms with van der Waals surface area (Å²) in [7, 11) is 0. The number of aliphatic hydroxyl groups excluding tert-OH is 1. The minimum absolute atomic E-state index is 0.0329. The second kappa shape index (κ2) is 9.65. The van der Waals surface area contributed by atoms with E-state index < -0.39 is 12.1 Å². The van der Waals surface area contributed by atoms with E-state index >= 15 is 0 Å². The Balaban J connectivity index is 1.54. The van der Waals surface area contributed by atoms with E-state index in [2.05, 4.69) is 16.8 Å². The zero-order valence-electron chi connectivity index (χ0n) is 16.2. The number of ether oxygens (including phenoxy) is 1. The Morgan fingerprint density at radius 1 is 1.59 bits per heavy atom. The molecular formula is C20H24N2O5S2. The summed E-state index contributed by atoms with van der Waals surface area (Å²) in [6.07, 6.45) is 6.37. The second-order valence-corrected chi connectivity index (χ2v) is 9.34. The maximum absolute atomic E-state index is 12.1. The van der Waals surface area contributed by atoms with Crippen LogP contribution < -0.4 is 0 Å². The number of carboxylic acids is 1. The molecule has 1 amide bonds. The smallest absolute Gasteiger partial charge is 0.410 e. The Bertz CT molecular complexity index is 837. The summed E-state index contributed by atoms with van der Waals surface area (Å²) in [5.41, 5.74) is -0.137. The number of hydrogen-bond donors (Lipinski definition) is 2. The molecule has 1 aromatic rings. The Labute approximate surface area is 178 Å². The summed E-state index contributed by atoms with van der Waals surface area (Å²) in [6, 6.07) is -0.224. The van der Waals surface area contributed by atoms with E-state index in [9.17, 15) is 14.7 Å². The molecule has 7 nitrogen and oxygen atoms in total. The summed E-state index contributed by atoms with van der Waals surface area (Å²) in [5, 5.41) is 21.1. The van der Waals surface area contributed by atoms with Crippen LogP contribution in [0.5, 0.6) is 0 Å². The van der Waals surface area contributed by atoms with E-state index in [1.807, 2.05) is 6.08 Å². The molecule has 1 saturated heterocycles. The summed E-state index contributed by atoms with van der Waals surface area (Å²) >= 11 is 2.68. The van der Waals surface area contributed by atoms with E-state index in [-0.39, 0.29) is 29.9 Å². The van der Waals surface area contributed by atoms with Crippen LogP contribution in [-0.2, 0) is 4.74 Å². The van der Waals surface area contributed by atoms with Crippen molar-refractivity contribution in [3.05, 3.63) is 23.2 Å². The van der Waals surface area contributed by atoms with E-state index in [1.165, 1.54) is 28.5 Å². The van der Waals surface area contributed by atoms with Crippen molar-refractivity contribution >= 4 is 35.2 Å². The molecule has 29 heavy (non-hydrogen) atoms. The molecule has 2 atom stereocenters. The van der Waals surface area contributed by atoms with Gasteiger partial charge < -0.3 is 14.9 Å². The number of aromatic nitrogens is 1. The number of thioether (sulfide) groups is 1. The number of amides is 1. The van der Waals surface area contributed by atoms with Gasteiger partial charge in [0.2, 0.25) is 0 Å². The Hall–Kier alpha value is -2.02. The van der Waals surface area contributed by atoms with Crippen LogP contribution in [0.15, 0.2) is 21.9 Å². The molecule has 0 aromatic carbocycles. The number of rotatable bonds is 9. The molecule has 2 N–H and O–H groups in total. The van der Waals surface area contributed by atoms with Gasteiger partial charge in [-0.1, -0.05) is 30.3 Å². The zero-order valence-corrected chi connectivity index (χ0v) is 17.8. The van der Waals surface area contributed by atoms with Gasteiger partial charge in [-0.25, -0.2) is 14.6 Å². The van der Waals surface area contributed by atoms with Crippen molar-refractivity contribution in [1.82, 2.24) is 9.88 Å². The van der Waals surface area contributed by atoms with Crippen molar-refractivity contribution in [1.29, 1.82) is 0 Å². The third-order valence-electron chi connectivity index (χ3n) is 5.38. The average Bonchev–Trinajstić information content (AvgIpc) is 3.27. The summed E-state index contributed by atoms with van der Waals surface area (Å²) in [6.45, 7) is 2.51. The molecule has 156 valence electrons. The van der Waals surface area contributed by atoms with E-state index in [0.29, 0.717) is 23.1 Å². The van der Waals surface area contributed by atoms with Crippen LogP contribution in [0.1, 0.15) is 43.1 Å². The Kier molecular flexibility index (Phi) is 7.22. The highest BCUT2D eigenvalue weighted by atomic mass is 32.2. The Morgan fingerprint density at radius 2 is 2.38 bits per heavy atom. The molecule has 9 heteroatoms. The van der Waals surface area contributed by atoms with Gasteiger partial charge in [0.25, 0.3) is 0 Å². The summed E-state index contributed by atoms with van der Waals surface area (Å²) < 4.78 is 5.83. The zero-order chi connectivity index (χ0) is 20.9. The highest BCUT2D eigenvalue weighted by Crippen LogP contribution is 2.47. The molecular weight excluding hydrogens is 412 g/mol. The third kappa shape index (κ3) is 5.13. The minimum atomic E-state index is -1.05. The summed E-state index contributed by atoms with van der Waals surface area (Å²) in [4.78, 5) is 28.6. The lowest BCUT2D eigenvalue weighted by Crippen LogP contribution is -2.40. The molecule has 1 aliphatic heterocycles. The molecule has 0 spiro atoms. The van der Waals surface area contributed by atoms with Crippen molar-refractivity contribution in [2.24, 2.45) is 5.41 Å². The molecule has 0 radical (unpaired) electrons. The lowest BCUT2D eigenvalue weighted by Gasteiger charge is -2.43. The van der Waals surface area contributed by atoms with Crippen molar-refractivity contribution in [3.8, 4) is 11.8 Å². The van der Waals surface area contributed by atoms with Crippen LogP contribution in [0, 0.1) is 17.3 Å². The fourth-order valence-electron chi connectivity index (χ4n) is 3.44. The monoisotopic (exact) mass is 436 g/mol. The Morgan fingerprint density at radius 3 is 3.00 bits per heavy atom.